The molecule has 2 heterocycles. The molecule has 174 valence electrons. The number of hydrogen-bond donors (Lipinski definition) is 1. The first-order chi connectivity index (χ1) is 15.9. The molecule has 0 unspecified atom stereocenters. The molecule has 0 spiro atoms. The van der Waals surface area contributed by atoms with Crippen LogP contribution >= 0.6 is 0 Å². The van der Waals surface area contributed by atoms with Crippen LogP contribution in [-0.2, 0) is 26.0 Å². The second-order valence-corrected chi connectivity index (χ2v) is 10.0. The van der Waals surface area contributed by atoms with E-state index in [-0.39, 0.29) is 29.7 Å². The second kappa shape index (κ2) is 9.89. The fourth-order valence-electron chi connectivity index (χ4n) is 4.34. The fourth-order valence-corrected chi connectivity index (χ4v) is 5.42. The maximum absolute atomic E-state index is 12.7. The Morgan fingerprint density at radius 1 is 1.00 bits per heavy atom. The molecule has 8 heteroatoms. The first-order valence-corrected chi connectivity index (χ1v) is 12.8. The van der Waals surface area contributed by atoms with Crippen molar-refractivity contribution in [2.24, 2.45) is 0 Å². The van der Waals surface area contributed by atoms with Gasteiger partial charge in [-0.05, 0) is 47.7 Å². The molecule has 1 N–H and O–H groups in total. The van der Waals surface area contributed by atoms with Crippen LogP contribution in [0.1, 0.15) is 37.3 Å². The van der Waals surface area contributed by atoms with Gasteiger partial charge in [-0.3, -0.25) is 9.59 Å². The highest BCUT2D eigenvalue weighted by atomic mass is 32.2. The summed E-state index contributed by atoms with van der Waals surface area (Å²) in [6.45, 7) is 3.60. The van der Waals surface area contributed by atoms with Crippen molar-refractivity contribution in [2.75, 3.05) is 31.1 Å². The maximum atomic E-state index is 12.7. The molecule has 2 aliphatic heterocycles. The minimum atomic E-state index is -3.73. The van der Waals surface area contributed by atoms with Crippen molar-refractivity contribution in [3.63, 3.8) is 0 Å². The number of hydrogen-bond acceptors (Lipinski definition) is 4. The normalized spacial score (nSPS) is 15.8. The van der Waals surface area contributed by atoms with Gasteiger partial charge in [-0.1, -0.05) is 43.3 Å². The summed E-state index contributed by atoms with van der Waals surface area (Å²) < 4.78 is 28.0. The lowest BCUT2D eigenvalue weighted by molar-refractivity contribution is -0.130. The van der Waals surface area contributed by atoms with Crippen molar-refractivity contribution in [1.82, 2.24) is 9.62 Å². The molecule has 0 radical (unpaired) electrons. The molecule has 2 aromatic carbocycles. The Bertz CT molecular complexity index is 1180. The summed E-state index contributed by atoms with van der Waals surface area (Å²) in [6, 6.07) is 15.0. The molecule has 33 heavy (non-hydrogen) atoms. The van der Waals surface area contributed by atoms with E-state index in [4.69, 9.17) is 0 Å². The summed E-state index contributed by atoms with van der Waals surface area (Å²) in [5, 5.41) is 0. The van der Waals surface area contributed by atoms with Crippen LogP contribution in [-0.4, -0.2) is 51.3 Å². The fraction of sp³-hybridized carbons (Fsp3) is 0.360. The molecule has 0 aromatic heterocycles. The third-order valence-electron chi connectivity index (χ3n) is 6.20. The summed E-state index contributed by atoms with van der Waals surface area (Å²) in [5.41, 5.74) is 4.04. The van der Waals surface area contributed by atoms with Crippen molar-refractivity contribution >= 4 is 33.1 Å². The lowest BCUT2D eigenvalue weighted by Crippen LogP contribution is -2.37. The van der Waals surface area contributed by atoms with Crippen LogP contribution in [0, 0.1) is 0 Å². The van der Waals surface area contributed by atoms with Crippen LogP contribution in [0.2, 0.25) is 0 Å². The van der Waals surface area contributed by atoms with Crippen LogP contribution in [0.15, 0.2) is 59.5 Å². The predicted molar refractivity (Wildman–Crippen MR) is 128 cm³/mol. The molecule has 7 nitrogen and oxygen atoms in total. The summed E-state index contributed by atoms with van der Waals surface area (Å²) in [7, 11) is -3.73. The number of sulfonamides is 1. The zero-order chi connectivity index (χ0) is 23.4. The smallest absolute Gasteiger partial charge is 0.240 e. The van der Waals surface area contributed by atoms with Crippen LogP contribution in [0.4, 0.5) is 5.69 Å². The average molecular weight is 468 g/mol. The Balaban J connectivity index is 1.31. The van der Waals surface area contributed by atoms with E-state index >= 15 is 0 Å². The van der Waals surface area contributed by atoms with Gasteiger partial charge in [-0.25, -0.2) is 13.1 Å². The number of benzene rings is 2. The number of fused-ring (bicyclic) bond motifs is 1. The van der Waals surface area contributed by atoms with Crippen molar-refractivity contribution in [1.29, 1.82) is 0 Å². The van der Waals surface area contributed by atoms with Crippen LogP contribution in [0.3, 0.4) is 0 Å². The Kier molecular flexibility index (Phi) is 6.95. The zero-order valence-electron chi connectivity index (χ0n) is 18.8. The molecule has 0 atom stereocenters. The topological polar surface area (TPSA) is 86.8 Å². The van der Waals surface area contributed by atoms with Crippen LogP contribution in [0.5, 0.6) is 0 Å². The van der Waals surface area contributed by atoms with Gasteiger partial charge in [0.05, 0.1) is 4.90 Å². The maximum Gasteiger partial charge on any atom is 0.240 e. The lowest BCUT2D eigenvalue weighted by Gasteiger charge is -2.26. The van der Waals surface area contributed by atoms with Gasteiger partial charge in [0.15, 0.2) is 0 Å². The van der Waals surface area contributed by atoms with Crippen molar-refractivity contribution in [2.45, 2.75) is 37.5 Å². The average Bonchev–Trinajstić information content (AvgIpc) is 3.27. The molecule has 0 fully saturated rings. The molecule has 2 aliphatic rings. The first kappa shape index (κ1) is 23.2. The van der Waals surface area contributed by atoms with Gasteiger partial charge in [0.25, 0.3) is 0 Å². The van der Waals surface area contributed by atoms with Gasteiger partial charge in [0, 0.05) is 44.7 Å². The molecular formula is C25H29N3O4S. The SMILES string of the molecule is CCC(=O)N1CCc2cc(S(=O)(=O)NCCC(=O)N3CC=C(c4ccccc4)CC3)ccc21. The quantitative estimate of drug-likeness (QED) is 0.678. The standard InChI is InChI=1S/C25H29N3O4S/c1-2-24(29)28-17-13-21-18-22(8-9-23(21)28)33(31,32)26-14-10-25(30)27-15-11-20(12-16-27)19-6-4-3-5-7-19/h3-9,11,18,26H,2,10,12-17H2,1H3. The third kappa shape index (κ3) is 5.17. The Morgan fingerprint density at radius 3 is 2.48 bits per heavy atom. The number of nitrogens with zero attached hydrogens (tertiary/aromatic N) is 2. The number of rotatable bonds is 7. The lowest BCUT2D eigenvalue weighted by atomic mass is 9.99. The van der Waals surface area contributed by atoms with Crippen molar-refractivity contribution in [3.05, 3.63) is 65.7 Å². The molecule has 4 rings (SSSR count). The summed E-state index contributed by atoms with van der Waals surface area (Å²) in [6.07, 6.45) is 4.01. The monoisotopic (exact) mass is 467 g/mol. The number of carbonyl (C=O) groups excluding carboxylic acids is 2. The highest BCUT2D eigenvalue weighted by Gasteiger charge is 2.26. The van der Waals surface area contributed by atoms with Gasteiger partial charge in [-0.2, -0.15) is 0 Å². The molecule has 0 aliphatic carbocycles. The van der Waals surface area contributed by atoms with E-state index in [1.807, 2.05) is 25.1 Å². The van der Waals surface area contributed by atoms with Crippen LogP contribution in [0.25, 0.3) is 5.57 Å². The van der Waals surface area contributed by atoms with Gasteiger partial charge < -0.3 is 9.80 Å². The largest absolute Gasteiger partial charge is 0.339 e. The molecule has 0 saturated carbocycles. The molecule has 0 saturated heterocycles. The minimum Gasteiger partial charge on any atom is -0.339 e. The number of anilines is 1. The summed E-state index contributed by atoms with van der Waals surface area (Å²) >= 11 is 0. The number of carbonyl (C=O) groups is 2. The van der Waals surface area contributed by atoms with E-state index in [0.29, 0.717) is 32.5 Å². The van der Waals surface area contributed by atoms with Gasteiger partial charge >= 0.3 is 0 Å². The first-order valence-electron chi connectivity index (χ1n) is 11.3. The zero-order valence-corrected chi connectivity index (χ0v) is 19.6. The second-order valence-electron chi connectivity index (χ2n) is 8.27. The molecular weight excluding hydrogens is 438 g/mol. The van der Waals surface area contributed by atoms with Crippen molar-refractivity contribution < 1.29 is 18.0 Å². The van der Waals surface area contributed by atoms with Crippen molar-refractivity contribution in [3.8, 4) is 0 Å². The Morgan fingerprint density at radius 2 is 1.79 bits per heavy atom. The highest BCUT2D eigenvalue weighted by molar-refractivity contribution is 7.89. The van der Waals surface area contributed by atoms with E-state index in [0.717, 1.165) is 17.7 Å². The van der Waals surface area contributed by atoms with E-state index in [2.05, 4.69) is 22.9 Å². The number of amides is 2. The Hall–Kier alpha value is -2.97. The summed E-state index contributed by atoms with van der Waals surface area (Å²) in [4.78, 5) is 28.2. The van der Waals surface area contributed by atoms with Crippen LogP contribution < -0.4 is 9.62 Å². The number of nitrogens with one attached hydrogen (secondary N) is 1. The van der Waals surface area contributed by atoms with E-state index < -0.39 is 10.0 Å². The molecule has 0 bridgehead atoms. The summed E-state index contributed by atoms with van der Waals surface area (Å²) in [5.74, 6) is -0.0341. The molecule has 2 aromatic rings. The third-order valence-corrected chi connectivity index (χ3v) is 7.66. The van der Waals surface area contributed by atoms with Gasteiger partial charge in [0.2, 0.25) is 21.8 Å². The predicted octanol–water partition coefficient (Wildman–Crippen LogP) is 2.97. The molecule has 2 amide bonds. The highest BCUT2D eigenvalue weighted by Crippen LogP contribution is 2.30. The Labute approximate surface area is 195 Å². The van der Waals surface area contributed by atoms with Gasteiger partial charge in [-0.15, -0.1) is 0 Å². The minimum absolute atomic E-state index is 0.0319. The van der Waals surface area contributed by atoms with E-state index in [1.165, 1.54) is 17.2 Å². The van der Waals surface area contributed by atoms with E-state index in [9.17, 15) is 18.0 Å². The van der Waals surface area contributed by atoms with Gasteiger partial charge in [0.1, 0.15) is 0 Å². The van der Waals surface area contributed by atoms with E-state index in [1.54, 1.807) is 21.9 Å².